The molecule has 0 aliphatic rings. The SMILES string of the molecule is CC(C)(C)c1ccc([C](c2ccc(C(C)(C)C)cc2)=[Zr]([Cl])[Cl])cc1.CC(C)(C)c1ccc2[cH-]c3ccc(C(C)(C)C)cc3c2c1.c1cc[cH-]c1. The van der Waals surface area contributed by atoms with Crippen LogP contribution in [0.15, 0.2) is 121 Å². The molecule has 0 amide bonds. The standard InChI is InChI=1S/C21H25.C21H26.C5H5.2ClH.Zr/c1-20(2,3)16-9-7-14-11-15-8-10-17(21(4,5)6)13-19(15)18(14)12-16;1-20(2,3)18-11-7-16(8-12-18)15-17-9-13-19(14-10-17)21(4,5)6;1-2-4-5-3-1;;;/h7-13H,1-6H3;7-14H,1-6H3;1-5H;2*1H;/q-1;;-1;;;+2/p-2. The summed E-state index contributed by atoms with van der Waals surface area (Å²) in [6.45, 7) is 27.0. The Hall–Kier alpha value is -2.57. The summed E-state index contributed by atoms with van der Waals surface area (Å²) in [5.74, 6) is 0. The van der Waals surface area contributed by atoms with Gasteiger partial charge in [-0.15, -0.1) is 39.7 Å². The second-order valence-electron chi connectivity index (χ2n) is 17.5. The number of benzene rings is 4. The summed E-state index contributed by atoms with van der Waals surface area (Å²) >= 11 is -2.59. The third kappa shape index (κ3) is 10.5. The Morgan fingerprint density at radius 3 is 1.04 bits per heavy atom. The molecule has 0 N–H and O–H groups in total. The molecule has 0 fully saturated rings. The first kappa shape index (κ1) is 40.2. The van der Waals surface area contributed by atoms with Crippen molar-refractivity contribution in [3.8, 4) is 0 Å². The van der Waals surface area contributed by atoms with E-state index in [1.165, 1.54) is 43.8 Å². The van der Waals surface area contributed by atoms with Crippen molar-refractivity contribution in [3.05, 3.63) is 155 Å². The van der Waals surface area contributed by atoms with Crippen molar-refractivity contribution in [1.82, 2.24) is 0 Å². The first-order valence-corrected chi connectivity index (χ1v) is 25.3. The van der Waals surface area contributed by atoms with Gasteiger partial charge in [-0.05, 0) is 10.8 Å². The van der Waals surface area contributed by atoms with Crippen LogP contribution in [0.25, 0.3) is 21.5 Å². The zero-order chi connectivity index (χ0) is 37.1. The van der Waals surface area contributed by atoms with E-state index >= 15 is 0 Å². The first-order valence-electron chi connectivity index (χ1n) is 17.7. The summed E-state index contributed by atoms with van der Waals surface area (Å²) in [5, 5.41) is 5.49. The van der Waals surface area contributed by atoms with Gasteiger partial charge in [-0.3, -0.25) is 0 Å². The van der Waals surface area contributed by atoms with Crippen LogP contribution < -0.4 is 0 Å². The number of fused-ring (bicyclic) bond motifs is 3. The molecule has 0 unspecified atom stereocenters. The summed E-state index contributed by atoms with van der Waals surface area (Å²) in [5.41, 5.74) is 8.46. The number of hydrogen-bond donors (Lipinski definition) is 0. The zero-order valence-corrected chi connectivity index (χ0v) is 36.3. The van der Waals surface area contributed by atoms with Gasteiger partial charge in [0.2, 0.25) is 0 Å². The minimum atomic E-state index is -2.59. The van der Waals surface area contributed by atoms with E-state index in [0.717, 1.165) is 14.3 Å². The molecule has 0 aromatic heterocycles. The molecule has 6 rings (SSSR count). The maximum absolute atomic E-state index is 6.50. The Morgan fingerprint density at radius 1 is 0.460 bits per heavy atom. The first-order chi connectivity index (χ1) is 23.2. The zero-order valence-electron chi connectivity index (χ0n) is 32.3. The van der Waals surface area contributed by atoms with E-state index in [0.29, 0.717) is 0 Å². The normalized spacial score (nSPS) is 12.2. The Balaban J connectivity index is 0.000000198. The van der Waals surface area contributed by atoms with Gasteiger partial charge >= 0.3 is 162 Å². The van der Waals surface area contributed by atoms with Crippen LogP contribution in [-0.4, -0.2) is 3.21 Å². The van der Waals surface area contributed by atoms with Crippen molar-refractivity contribution in [2.24, 2.45) is 0 Å². The van der Waals surface area contributed by atoms with Crippen LogP contribution in [0, 0.1) is 0 Å². The second-order valence-corrected chi connectivity index (χ2v) is 25.6. The van der Waals surface area contributed by atoms with Crippen molar-refractivity contribution < 1.29 is 18.9 Å². The minimum absolute atomic E-state index is 0.149. The summed E-state index contributed by atoms with van der Waals surface area (Å²) in [4.78, 5) is 0. The molecule has 0 aliphatic carbocycles. The van der Waals surface area contributed by atoms with Crippen LogP contribution in [0.5, 0.6) is 0 Å². The monoisotopic (exact) mass is 780 g/mol. The van der Waals surface area contributed by atoms with Crippen molar-refractivity contribution in [3.63, 3.8) is 0 Å². The Kier molecular flexibility index (Phi) is 12.9. The third-order valence-electron chi connectivity index (χ3n) is 9.26. The number of halogens is 2. The molecule has 0 nitrogen and oxygen atoms in total. The van der Waals surface area contributed by atoms with Gasteiger partial charge < -0.3 is 0 Å². The van der Waals surface area contributed by atoms with Crippen molar-refractivity contribution >= 4 is 41.8 Å². The molecule has 0 aliphatic heterocycles. The number of rotatable bonds is 2. The van der Waals surface area contributed by atoms with Crippen LogP contribution in [0.3, 0.4) is 0 Å². The molecule has 264 valence electrons. The molecule has 3 heteroatoms. The molecule has 0 saturated carbocycles. The molecule has 6 aromatic rings. The van der Waals surface area contributed by atoms with Crippen LogP contribution >= 0.6 is 17.0 Å². The van der Waals surface area contributed by atoms with Gasteiger partial charge in [0.25, 0.3) is 0 Å². The predicted octanol–water partition coefficient (Wildman–Crippen LogP) is 14.5. The minimum Gasteiger partial charge on any atom is -0.214 e. The van der Waals surface area contributed by atoms with Crippen molar-refractivity contribution in [1.29, 1.82) is 0 Å². The molecular formula is C47H56Cl2Zr-2. The molecule has 0 heterocycles. The van der Waals surface area contributed by atoms with E-state index in [2.05, 4.69) is 174 Å². The van der Waals surface area contributed by atoms with E-state index in [-0.39, 0.29) is 21.7 Å². The fourth-order valence-electron chi connectivity index (χ4n) is 5.91. The Morgan fingerprint density at radius 2 is 0.780 bits per heavy atom. The molecule has 50 heavy (non-hydrogen) atoms. The van der Waals surface area contributed by atoms with Crippen LogP contribution in [0.2, 0.25) is 0 Å². The average molecular weight is 783 g/mol. The van der Waals surface area contributed by atoms with Crippen molar-refractivity contribution in [2.45, 2.75) is 105 Å². The van der Waals surface area contributed by atoms with Crippen molar-refractivity contribution in [2.75, 3.05) is 0 Å². The molecule has 0 atom stereocenters. The molecule has 6 aromatic carbocycles. The van der Waals surface area contributed by atoms with Crippen LogP contribution in [0.1, 0.15) is 116 Å². The molecule has 0 radical (unpaired) electrons. The fraction of sp³-hybridized carbons (Fsp3) is 0.340. The van der Waals surface area contributed by atoms with E-state index in [1.807, 2.05) is 30.3 Å². The summed E-state index contributed by atoms with van der Waals surface area (Å²) in [6, 6.07) is 43.6. The topological polar surface area (TPSA) is 0 Å². The maximum Gasteiger partial charge on any atom is -0.0145 e. The van der Waals surface area contributed by atoms with Gasteiger partial charge in [0, 0.05) is 0 Å². The summed E-state index contributed by atoms with van der Waals surface area (Å²) < 4.78 is 1.15. The van der Waals surface area contributed by atoms with Crippen LogP contribution in [0.4, 0.5) is 0 Å². The van der Waals surface area contributed by atoms with Gasteiger partial charge in [-0.25, -0.2) is 12.1 Å². The average Bonchev–Trinajstić information content (AvgIpc) is 3.72. The van der Waals surface area contributed by atoms with Gasteiger partial charge in [0.1, 0.15) is 0 Å². The smallest absolute Gasteiger partial charge is 0.0145 e. The summed E-state index contributed by atoms with van der Waals surface area (Å²) in [7, 11) is 13.0. The molecular weight excluding hydrogens is 727 g/mol. The van der Waals surface area contributed by atoms with E-state index in [4.69, 9.17) is 17.0 Å². The molecule has 0 bridgehead atoms. The largest absolute Gasteiger partial charge is 0.214 e. The number of hydrogen-bond acceptors (Lipinski definition) is 0. The van der Waals surface area contributed by atoms with E-state index < -0.39 is 18.9 Å². The summed E-state index contributed by atoms with van der Waals surface area (Å²) in [6.07, 6.45) is 0. The van der Waals surface area contributed by atoms with E-state index in [9.17, 15) is 0 Å². The second kappa shape index (κ2) is 16.0. The van der Waals surface area contributed by atoms with Gasteiger partial charge in [0.05, 0.1) is 0 Å². The van der Waals surface area contributed by atoms with E-state index in [1.54, 1.807) is 0 Å². The Bertz CT molecular complexity index is 1860. The molecule has 0 spiro atoms. The predicted molar refractivity (Wildman–Crippen MR) is 222 cm³/mol. The third-order valence-corrected chi connectivity index (χ3v) is 13.8. The Labute approximate surface area is 317 Å². The van der Waals surface area contributed by atoms with Gasteiger partial charge in [0.15, 0.2) is 0 Å². The van der Waals surface area contributed by atoms with Gasteiger partial charge in [-0.1, -0.05) is 76.9 Å². The van der Waals surface area contributed by atoms with Gasteiger partial charge in [-0.2, -0.15) is 18.2 Å². The fourth-order valence-corrected chi connectivity index (χ4v) is 10.4. The van der Waals surface area contributed by atoms with Crippen LogP contribution in [-0.2, 0) is 40.5 Å². The quantitative estimate of drug-likeness (QED) is 0.154. The molecule has 0 saturated heterocycles. The maximum atomic E-state index is 6.50.